The monoisotopic (exact) mass is 343 g/mol. The standard InChI is InChI=1S/C17H14BrNO2/c1-19(11-13-7-2-4-8-14(13)18)17(20)16-10-12-6-3-5-9-15(12)21-16/h2-10H,11H2,1H3. The Morgan fingerprint density at radius 2 is 1.86 bits per heavy atom. The summed E-state index contributed by atoms with van der Waals surface area (Å²) >= 11 is 3.50. The molecule has 0 aliphatic carbocycles. The predicted octanol–water partition coefficient (Wildman–Crippen LogP) is 4.47. The first-order valence-corrected chi connectivity index (χ1v) is 7.42. The summed E-state index contributed by atoms with van der Waals surface area (Å²) in [6.45, 7) is 0.525. The quantitative estimate of drug-likeness (QED) is 0.703. The Hall–Kier alpha value is -2.07. The van der Waals surface area contributed by atoms with Crippen LogP contribution in [0, 0.1) is 0 Å². The fourth-order valence-corrected chi connectivity index (χ4v) is 2.64. The number of nitrogens with zero attached hydrogens (tertiary/aromatic N) is 1. The molecule has 0 bridgehead atoms. The van der Waals surface area contributed by atoms with Crippen molar-refractivity contribution in [2.45, 2.75) is 6.54 Å². The van der Waals surface area contributed by atoms with Gasteiger partial charge in [-0.1, -0.05) is 52.3 Å². The molecule has 1 amide bonds. The summed E-state index contributed by atoms with van der Waals surface area (Å²) in [5.41, 5.74) is 1.79. The van der Waals surface area contributed by atoms with E-state index >= 15 is 0 Å². The molecule has 0 unspecified atom stereocenters. The third-order valence-electron chi connectivity index (χ3n) is 3.35. The third kappa shape index (κ3) is 2.85. The Morgan fingerprint density at radius 1 is 1.14 bits per heavy atom. The predicted molar refractivity (Wildman–Crippen MR) is 86.2 cm³/mol. The van der Waals surface area contributed by atoms with E-state index in [1.54, 1.807) is 18.0 Å². The molecule has 0 saturated heterocycles. The molecule has 1 aromatic heterocycles. The van der Waals surface area contributed by atoms with Crippen molar-refractivity contribution >= 4 is 32.8 Å². The van der Waals surface area contributed by atoms with Crippen LogP contribution in [0.25, 0.3) is 11.0 Å². The molecule has 0 atom stereocenters. The molecule has 0 N–H and O–H groups in total. The fraction of sp³-hybridized carbons (Fsp3) is 0.118. The highest BCUT2D eigenvalue weighted by atomic mass is 79.9. The highest BCUT2D eigenvalue weighted by Gasteiger charge is 2.17. The summed E-state index contributed by atoms with van der Waals surface area (Å²) in [7, 11) is 1.77. The first-order chi connectivity index (χ1) is 10.1. The largest absolute Gasteiger partial charge is 0.451 e. The zero-order valence-corrected chi connectivity index (χ0v) is 13.1. The molecule has 1 heterocycles. The highest BCUT2D eigenvalue weighted by molar-refractivity contribution is 9.10. The summed E-state index contributed by atoms with van der Waals surface area (Å²) < 4.78 is 6.61. The topological polar surface area (TPSA) is 33.5 Å². The van der Waals surface area contributed by atoms with Gasteiger partial charge >= 0.3 is 0 Å². The number of hydrogen-bond acceptors (Lipinski definition) is 2. The number of para-hydroxylation sites is 1. The zero-order valence-electron chi connectivity index (χ0n) is 11.5. The molecule has 4 heteroatoms. The van der Waals surface area contributed by atoms with Gasteiger partial charge in [0.15, 0.2) is 5.76 Å². The van der Waals surface area contributed by atoms with E-state index < -0.39 is 0 Å². The van der Waals surface area contributed by atoms with Crippen LogP contribution in [0.15, 0.2) is 63.5 Å². The van der Waals surface area contributed by atoms with Crippen molar-refractivity contribution in [3.8, 4) is 0 Å². The minimum atomic E-state index is -0.123. The number of fused-ring (bicyclic) bond motifs is 1. The summed E-state index contributed by atoms with van der Waals surface area (Å²) in [6.07, 6.45) is 0. The van der Waals surface area contributed by atoms with Gasteiger partial charge in [-0.05, 0) is 23.8 Å². The first kappa shape index (κ1) is 13.9. The number of benzene rings is 2. The van der Waals surface area contributed by atoms with Crippen LogP contribution in [0.3, 0.4) is 0 Å². The molecule has 0 saturated carbocycles. The first-order valence-electron chi connectivity index (χ1n) is 6.62. The Labute approximate surface area is 131 Å². The molecule has 0 fully saturated rings. The minimum Gasteiger partial charge on any atom is -0.451 e. The van der Waals surface area contributed by atoms with E-state index in [0.29, 0.717) is 12.3 Å². The normalized spacial score (nSPS) is 10.8. The van der Waals surface area contributed by atoms with Crippen molar-refractivity contribution in [3.05, 3.63) is 70.4 Å². The smallest absolute Gasteiger partial charge is 0.289 e. The van der Waals surface area contributed by atoms with Gasteiger partial charge in [0.25, 0.3) is 5.91 Å². The minimum absolute atomic E-state index is 0.123. The molecule has 3 aromatic rings. The van der Waals surface area contributed by atoms with Crippen LogP contribution in [0.1, 0.15) is 16.1 Å². The molecule has 3 rings (SSSR count). The van der Waals surface area contributed by atoms with Crippen LogP contribution in [0.2, 0.25) is 0 Å². The number of hydrogen-bond donors (Lipinski definition) is 0. The molecule has 0 aliphatic rings. The van der Waals surface area contributed by atoms with Gasteiger partial charge in [-0.15, -0.1) is 0 Å². The van der Waals surface area contributed by atoms with Gasteiger partial charge in [0.1, 0.15) is 5.58 Å². The molecule has 0 radical (unpaired) electrons. The van der Waals surface area contributed by atoms with E-state index in [4.69, 9.17) is 4.42 Å². The Bertz CT molecular complexity index is 761. The molecule has 2 aromatic carbocycles. The lowest BCUT2D eigenvalue weighted by molar-refractivity contribution is 0.0755. The van der Waals surface area contributed by atoms with Gasteiger partial charge in [0, 0.05) is 23.5 Å². The average Bonchev–Trinajstić information content (AvgIpc) is 2.92. The van der Waals surface area contributed by atoms with Crippen LogP contribution in [0.5, 0.6) is 0 Å². The summed E-state index contributed by atoms with van der Waals surface area (Å²) in [4.78, 5) is 14.1. The van der Waals surface area contributed by atoms with Crippen molar-refractivity contribution in [2.75, 3.05) is 7.05 Å². The van der Waals surface area contributed by atoms with Gasteiger partial charge in [0.05, 0.1) is 0 Å². The van der Waals surface area contributed by atoms with Crippen molar-refractivity contribution in [1.29, 1.82) is 0 Å². The van der Waals surface area contributed by atoms with Crippen LogP contribution in [0.4, 0.5) is 0 Å². The third-order valence-corrected chi connectivity index (χ3v) is 4.12. The number of furan rings is 1. The zero-order chi connectivity index (χ0) is 14.8. The van der Waals surface area contributed by atoms with Crippen molar-refractivity contribution in [3.63, 3.8) is 0 Å². The van der Waals surface area contributed by atoms with E-state index in [2.05, 4.69) is 15.9 Å². The maximum Gasteiger partial charge on any atom is 0.289 e. The molecule has 21 heavy (non-hydrogen) atoms. The molecule has 0 spiro atoms. The SMILES string of the molecule is CN(Cc1ccccc1Br)C(=O)c1cc2ccccc2o1. The van der Waals surface area contributed by atoms with E-state index in [1.165, 1.54) is 0 Å². The Balaban J connectivity index is 1.82. The molecule has 3 nitrogen and oxygen atoms in total. The van der Waals surface area contributed by atoms with Gasteiger partial charge < -0.3 is 9.32 Å². The number of rotatable bonds is 3. The summed E-state index contributed by atoms with van der Waals surface area (Å²) in [5, 5.41) is 0.940. The van der Waals surface area contributed by atoms with Crippen LogP contribution in [-0.2, 0) is 6.54 Å². The maximum atomic E-state index is 12.4. The lowest BCUT2D eigenvalue weighted by Crippen LogP contribution is -2.25. The molecular weight excluding hydrogens is 330 g/mol. The van der Waals surface area contributed by atoms with Crippen LogP contribution in [-0.4, -0.2) is 17.9 Å². The molecular formula is C17H14BrNO2. The summed E-state index contributed by atoms with van der Waals surface area (Å²) in [5.74, 6) is 0.243. The second kappa shape index (κ2) is 5.74. The number of halogens is 1. The fourth-order valence-electron chi connectivity index (χ4n) is 2.23. The van der Waals surface area contributed by atoms with Crippen molar-refractivity contribution in [2.24, 2.45) is 0 Å². The van der Waals surface area contributed by atoms with E-state index in [0.717, 1.165) is 21.0 Å². The number of amides is 1. The molecule has 106 valence electrons. The average molecular weight is 344 g/mol. The maximum absolute atomic E-state index is 12.4. The highest BCUT2D eigenvalue weighted by Crippen LogP contribution is 2.22. The van der Waals surface area contributed by atoms with E-state index in [-0.39, 0.29) is 5.91 Å². The molecule has 0 aliphatic heterocycles. The Morgan fingerprint density at radius 3 is 2.62 bits per heavy atom. The van der Waals surface area contributed by atoms with Gasteiger partial charge in [0.2, 0.25) is 0 Å². The number of carbonyl (C=O) groups excluding carboxylic acids is 1. The second-order valence-corrected chi connectivity index (χ2v) is 5.76. The van der Waals surface area contributed by atoms with Crippen molar-refractivity contribution < 1.29 is 9.21 Å². The number of carbonyl (C=O) groups is 1. The Kier molecular flexibility index (Phi) is 3.80. The van der Waals surface area contributed by atoms with E-state index in [1.807, 2.05) is 48.5 Å². The summed E-state index contributed by atoms with van der Waals surface area (Å²) in [6, 6.07) is 17.3. The van der Waals surface area contributed by atoms with Crippen LogP contribution >= 0.6 is 15.9 Å². The lowest BCUT2D eigenvalue weighted by atomic mass is 10.2. The van der Waals surface area contributed by atoms with Gasteiger partial charge in [-0.2, -0.15) is 0 Å². The lowest BCUT2D eigenvalue weighted by Gasteiger charge is -2.16. The van der Waals surface area contributed by atoms with Crippen molar-refractivity contribution in [1.82, 2.24) is 4.90 Å². The van der Waals surface area contributed by atoms with E-state index in [9.17, 15) is 4.79 Å². The van der Waals surface area contributed by atoms with Crippen LogP contribution < -0.4 is 0 Å². The van der Waals surface area contributed by atoms with Gasteiger partial charge in [-0.25, -0.2) is 0 Å². The second-order valence-electron chi connectivity index (χ2n) is 4.90. The van der Waals surface area contributed by atoms with Gasteiger partial charge in [-0.3, -0.25) is 4.79 Å².